The molecule has 0 unspecified atom stereocenters. The summed E-state index contributed by atoms with van der Waals surface area (Å²) in [4.78, 5) is 15.6. The minimum absolute atomic E-state index is 0.0102. The average molecular weight is 882 g/mol. The molecule has 0 bridgehead atoms. The summed E-state index contributed by atoms with van der Waals surface area (Å²) in [5, 5.41) is 11.9. The Bertz CT molecular complexity index is 3060. The third kappa shape index (κ3) is 7.06. The molecule has 314 valence electrons. The van der Waals surface area contributed by atoms with E-state index in [0.717, 1.165) is 73.6 Å². The number of hydrogen-bond acceptors (Lipinski definition) is 4. The van der Waals surface area contributed by atoms with Crippen molar-refractivity contribution in [3.05, 3.63) is 129 Å². The van der Waals surface area contributed by atoms with Crippen LogP contribution in [0.3, 0.4) is 0 Å². The molecule has 3 aromatic heterocycles. The van der Waals surface area contributed by atoms with Gasteiger partial charge < -0.3 is 0 Å². The molecule has 62 heavy (non-hydrogen) atoms. The molecule has 0 atom stereocenters. The second-order valence-corrected chi connectivity index (χ2v) is 23.0. The van der Waals surface area contributed by atoms with E-state index < -0.39 is 0 Å². The fraction of sp³-hybridized carbons (Fsp3) is 0.327. The summed E-state index contributed by atoms with van der Waals surface area (Å²) in [7, 11) is 0. The fourth-order valence-corrected chi connectivity index (χ4v) is 13.1. The van der Waals surface area contributed by atoms with Gasteiger partial charge in [-0.3, -0.25) is 0 Å². The molecule has 4 heterocycles. The van der Waals surface area contributed by atoms with Gasteiger partial charge in [-0.05, 0) is 25.7 Å². The molecule has 0 saturated carbocycles. The Labute approximate surface area is 374 Å². The maximum atomic E-state index is 11.9. The number of aromatic nitrogens is 4. The van der Waals surface area contributed by atoms with Crippen LogP contribution >= 0.6 is 0 Å². The Morgan fingerprint density at radius 3 is 2.10 bits per heavy atom. The van der Waals surface area contributed by atoms with Crippen LogP contribution in [-0.4, -0.2) is 45.8 Å². The van der Waals surface area contributed by atoms with Gasteiger partial charge >= 0.3 is 293 Å². The van der Waals surface area contributed by atoms with Crippen LogP contribution in [0.25, 0.3) is 60.3 Å². The zero-order valence-electron chi connectivity index (χ0n) is 38.7. The number of phenolic OH excluding ortho intramolecular Hbond substituents is 1. The normalized spacial score (nSPS) is 13.0. The van der Waals surface area contributed by atoms with Crippen LogP contribution in [-0.2, 0) is 11.8 Å². The number of benzene rings is 5. The Morgan fingerprint density at radius 1 is 0.726 bits per heavy atom. The van der Waals surface area contributed by atoms with Crippen LogP contribution < -0.4 is 16.4 Å². The fourth-order valence-electron chi connectivity index (χ4n) is 9.85. The van der Waals surface area contributed by atoms with Gasteiger partial charge in [-0.25, -0.2) is 0 Å². The third-order valence-electron chi connectivity index (χ3n) is 12.9. The van der Waals surface area contributed by atoms with Crippen molar-refractivity contribution in [2.24, 2.45) is 5.41 Å². The molecule has 9 rings (SSSR count). The van der Waals surface area contributed by atoms with E-state index in [1.54, 1.807) is 6.33 Å². The third-order valence-corrected chi connectivity index (χ3v) is 15.6. The number of fused-ring (bicyclic) bond motifs is 3. The molecule has 1 aliphatic rings. The number of phenols is 1. The second-order valence-electron chi connectivity index (χ2n) is 20.6. The van der Waals surface area contributed by atoms with E-state index in [-0.39, 0.29) is 37.8 Å². The molecule has 5 aromatic carbocycles. The van der Waals surface area contributed by atoms with Crippen molar-refractivity contribution in [1.82, 2.24) is 19.5 Å². The molecular formula is C55H59BN4OSe. The number of rotatable bonds is 7. The van der Waals surface area contributed by atoms with E-state index in [1.807, 2.05) is 13.0 Å². The molecule has 0 radical (unpaired) electrons. The quantitative estimate of drug-likeness (QED) is 0.162. The van der Waals surface area contributed by atoms with Crippen LogP contribution in [0.4, 0.5) is 0 Å². The van der Waals surface area contributed by atoms with Crippen LogP contribution in [0, 0.1) is 26.2 Å². The predicted molar refractivity (Wildman–Crippen MR) is 264 cm³/mol. The number of para-hydroxylation sites is 1. The molecule has 0 aliphatic carbocycles. The molecule has 0 amide bonds. The van der Waals surface area contributed by atoms with Gasteiger partial charge in [0, 0.05) is 0 Å². The van der Waals surface area contributed by atoms with Gasteiger partial charge in [-0.2, -0.15) is 0 Å². The summed E-state index contributed by atoms with van der Waals surface area (Å²) in [5.74, 6) is 1.70. The molecule has 8 aromatic rings. The van der Waals surface area contributed by atoms with E-state index in [4.69, 9.17) is 15.0 Å². The van der Waals surface area contributed by atoms with Crippen LogP contribution in [0.5, 0.6) is 5.75 Å². The van der Waals surface area contributed by atoms with Gasteiger partial charge in [0.15, 0.2) is 0 Å². The monoisotopic (exact) mass is 882 g/mol. The first-order chi connectivity index (χ1) is 29.3. The zero-order valence-corrected chi connectivity index (χ0v) is 40.5. The summed E-state index contributed by atoms with van der Waals surface area (Å²) in [6, 6.07) is 31.7. The van der Waals surface area contributed by atoms with E-state index in [0.29, 0.717) is 11.8 Å². The van der Waals surface area contributed by atoms with Gasteiger partial charge in [-0.1, -0.05) is 58.0 Å². The van der Waals surface area contributed by atoms with Gasteiger partial charge in [0.05, 0.1) is 0 Å². The molecule has 5 nitrogen and oxygen atoms in total. The van der Waals surface area contributed by atoms with E-state index in [1.165, 1.54) is 47.3 Å². The first kappa shape index (κ1) is 42.1. The van der Waals surface area contributed by atoms with Crippen molar-refractivity contribution in [2.75, 3.05) is 0 Å². The number of nitrogens with zero attached hydrogens (tertiary/aromatic N) is 4. The summed E-state index contributed by atoms with van der Waals surface area (Å²) in [5.41, 5.74) is 20.5. The molecule has 0 saturated heterocycles. The SMILES string of the molecule is Cc1cc(C)c(O)c(-c2nc3c(-c4cc(-c5ncnc6c(C)c(CC(C)(C)C)[se]c56)cc(C(C)(C)C)c4)ccc4c3n2-c2ccccc2B4c2c(C(C)C)cccc2C(C)C)c1. The molecule has 1 aliphatic heterocycles. The van der Waals surface area contributed by atoms with Gasteiger partial charge in [0.1, 0.15) is 0 Å². The number of imidazole rings is 1. The Balaban J connectivity index is 1.38. The van der Waals surface area contributed by atoms with Gasteiger partial charge in [0.2, 0.25) is 0 Å². The first-order valence-corrected chi connectivity index (χ1v) is 24.0. The van der Waals surface area contributed by atoms with Crippen LogP contribution in [0.2, 0.25) is 0 Å². The van der Waals surface area contributed by atoms with Crippen molar-refractivity contribution < 1.29 is 5.11 Å². The average Bonchev–Trinajstić information content (AvgIpc) is 3.76. The Morgan fingerprint density at radius 2 is 1.42 bits per heavy atom. The van der Waals surface area contributed by atoms with Crippen molar-refractivity contribution in [2.45, 2.75) is 114 Å². The van der Waals surface area contributed by atoms with E-state index in [2.05, 4.69) is 167 Å². The summed E-state index contributed by atoms with van der Waals surface area (Å²) < 4.78 is 5.15. The van der Waals surface area contributed by atoms with Crippen molar-refractivity contribution in [1.29, 1.82) is 0 Å². The standard InChI is InChI=1S/C55H59BN4OSe/c1-30(2)38-17-16-18-39(31(3)4)46(38)56-42-19-14-15-20-44(42)60-50-43(56)22-21-40(49(50)59-53(60)41-24-32(5)23-33(6)51(41)61)35-25-36(27-37(26-35)55(11,12)13)48-52-47(57-29-58-48)34(7)45(62-52)28-54(8,9)10/h14-27,29-31,61H,28H2,1-13H3. The van der Waals surface area contributed by atoms with Gasteiger partial charge in [0.25, 0.3) is 0 Å². The number of aromatic hydroxyl groups is 1. The topological polar surface area (TPSA) is 63.8 Å². The zero-order chi connectivity index (χ0) is 44.2. The number of aryl methyl sites for hydroxylation is 3. The van der Waals surface area contributed by atoms with E-state index in [9.17, 15) is 5.11 Å². The second kappa shape index (κ2) is 15.2. The first-order valence-electron chi connectivity index (χ1n) is 22.3. The molecule has 7 heteroatoms. The van der Waals surface area contributed by atoms with Gasteiger partial charge in [-0.15, -0.1) is 0 Å². The minimum atomic E-state index is -0.130. The van der Waals surface area contributed by atoms with Crippen molar-refractivity contribution >= 4 is 58.4 Å². The molecule has 0 spiro atoms. The predicted octanol–water partition coefficient (Wildman–Crippen LogP) is 11.6. The van der Waals surface area contributed by atoms with Crippen molar-refractivity contribution in [3.63, 3.8) is 0 Å². The molecular weight excluding hydrogens is 822 g/mol. The van der Waals surface area contributed by atoms with Crippen molar-refractivity contribution in [3.8, 4) is 45.2 Å². The Hall–Kier alpha value is -5.23. The molecule has 0 fully saturated rings. The maximum absolute atomic E-state index is 11.9. The molecule has 1 N–H and O–H groups in total. The summed E-state index contributed by atoms with van der Waals surface area (Å²) in [6.45, 7) is 29.4. The van der Waals surface area contributed by atoms with E-state index >= 15 is 0 Å². The van der Waals surface area contributed by atoms with Crippen LogP contribution in [0.15, 0.2) is 91.3 Å². The number of hydrogen-bond donors (Lipinski definition) is 1. The Kier molecular flexibility index (Phi) is 10.3. The van der Waals surface area contributed by atoms with Crippen LogP contribution in [0.1, 0.15) is 119 Å². The summed E-state index contributed by atoms with van der Waals surface area (Å²) >= 11 is 0.137. The summed E-state index contributed by atoms with van der Waals surface area (Å²) in [6.07, 6.45) is 2.82.